The molecule has 0 aliphatic carbocycles. The lowest BCUT2D eigenvalue weighted by Crippen LogP contribution is -2.16. The molecule has 0 saturated heterocycles. The van der Waals surface area contributed by atoms with Crippen molar-refractivity contribution in [1.82, 2.24) is 19.7 Å². The summed E-state index contributed by atoms with van der Waals surface area (Å²) in [7, 11) is -2.67. The quantitative estimate of drug-likeness (QED) is 0.259. The van der Waals surface area contributed by atoms with Crippen LogP contribution in [0.2, 0.25) is 0 Å². The number of ketones is 1. The van der Waals surface area contributed by atoms with Crippen molar-refractivity contribution < 1.29 is 26.4 Å². The fourth-order valence-electron chi connectivity index (χ4n) is 4.48. The van der Waals surface area contributed by atoms with Crippen LogP contribution in [0, 0.1) is 17.5 Å². The maximum Gasteiger partial charge on any atom is 0.262 e. The van der Waals surface area contributed by atoms with Crippen LogP contribution in [0.4, 0.5) is 18.9 Å². The van der Waals surface area contributed by atoms with E-state index in [-0.39, 0.29) is 5.56 Å². The zero-order chi connectivity index (χ0) is 28.2. The van der Waals surface area contributed by atoms with Gasteiger partial charge in [-0.25, -0.2) is 26.6 Å². The average molecular weight is 562 g/mol. The first-order valence-electron chi connectivity index (χ1n) is 11.8. The summed E-state index contributed by atoms with van der Waals surface area (Å²) in [5, 5.41) is 5.71. The van der Waals surface area contributed by atoms with E-state index in [4.69, 9.17) is 0 Å². The highest BCUT2D eigenvalue weighted by Crippen LogP contribution is 2.30. The number of rotatable bonds is 6. The van der Waals surface area contributed by atoms with Gasteiger partial charge in [0.05, 0.1) is 21.7 Å². The second-order valence-corrected chi connectivity index (χ2v) is 10.8. The van der Waals surface area contributed by atoms with Crippen molar-refractivity contribution >= 4 is 43.4 Å². The van der Waals surface area contributed by atoms with Gasteiger partial charge in [-0.1, -0.05) is 18.2 Å². The first-order valence-corrected chi connectivity index (χ1v) is 13.3. The van der Waals surface area contributed by atoms with E-state index in [9.17, 15) is 22.0 Å². The number of pyridine rings is 1. The molecule has 0 saturated carbocycles. The molecule has 6 aromatic rings. The number of carbonyl (C=O) groups excluding carboxylic acids is 1. The molecule has 2 N–H and O–H groups in total. The monoisotopic (exact) mass is 561 g/mol. The third-order valence-electron chi connectivity index (χ3n) is 6.36. The van der Waals surface area contributed by atoms with E-state index in [0.717, 1.165) is 40.7 Å². The highest BCUT2D eigenvalue weighted by Gasteiger charge is 2.25. The van der Waals surface area contributed by atoms with E-state index >= 15 is 4.39 Å². The summed E-state index contributed by atoms with van der Waals surface area (Å²) in [6.07, 6.45) is 4.81. The van der Waals surface area contributed by atoms with Crippen molar-refractivity contribution in [3.05, 3.63) is 108 Å². The fourth-order valence-corrected chi connectivity index (χ4v) is 5.56. The van der Waals surface area contributed by atoms with Gasteiger partial charge >= 0.3 is 0 Å². The van der Waals surface area contributed by atoms with Crippen LogP contribution in [-0.2, 0) is 17.1 Å². The highest BCUT2D eigenvalue weighted by molar-refractivity contribution is 7.92. The van der Waals surface area contributed by atoms with Gasteiger partial charge in [0.25, 0.3) is 10.0 Å². The Hall–Kier alpha value is -4.97. The minimum absolute atomic E-state index is 0.00621. The first-order chi connectivity index (χ1) is 19.1. The van der Waals surface area contributed by atoms with E-state index < -0.39 is 49.4 Å². The molecule has 0 aliphatic heterocycles. The zero-order valence-electron chi connectivity index (χ0n) is 20.6. The Kier molecular flexibility index (Phi) is 5.91. The number of sulfonamides is 1. The van der Waals surface area contributed by atoms with Crippen molar-refractivity contribution in [1.29, 1.82) is 0 Å². The molecule has 0 atom stereocenters. The summed E-state index contributed by atoms with van der Waals surface area (Å²) < 4.78 is 72.6. The molecule has 6 rings (SSSR count). The van der Waals surface area contributed by atoms with Crippen LogP contribution >= 0.6 is 0 Å². The van der Waals surface area contributed by atoms with Crippen molar-refractivity contribution in [3.63, 3.8) is 0 Å². The number of aromatic amines is 1. The average Bonchev–Trinajstić information content (AvgIpc) is 3.51. The van der Waals surface area contributed by atoms with Crippen LogP contribution in [0.1, 0.15) is 15.9 Å². The smallest absolute Gasteiger partial charge is 0.262 e. The van der Waals surface area contributed by atoms with Gasteiger partial charge in [0, 0.05) is 53.6 Å². The summed E-state index contributed by atoms with van der Waals surface area (Å²) in [5.74, 6) is -4.06. The number of aromatic nitrogens is 4. The molecule has 40 heavy (non-hydrogen) atoms. The Morgan fingerprint density at radius 1 is 0.950 bits per heavy atom. The van der Waals surface area contributed by atoms with Gasteiger partial charge in [-0.3, -0.25) is 14.2 Å². The second kappa shape index (κ2) is 9.35. The van der Waals surface area contributed by atoms with Crippen LogP contribution < -0.4 is 4.72 Å². The van der Waals surface area contributed by atoms with Gasteiger partial charge in [0.2, 0.25) is 0 Å². The van der Waals surface area contributed by atoms with Crippen LogP contribution in [0.15, 0.2) is 84.1 Å². The maximum atomic E-state index is 15.5. The Balaban J connectivity index is 1.39. The van der Waals surface area contributed by atoms with E-state index in [1.165, 1.54) is 6.20 Å². The molecule has 8 nitrogen and oxygen atoms in total. The number of aryl methyl sites for hydroxylation is 1. The van der Waals surface area contributed by atoms with Gasteiger partial charge in [-0.2, -0.15) is 5.10 Å². The number of hydrogen-bond donors (Lipinski definition) is 2. The Labute approximate surface area is 225 Å². The molecule has 200 valence electrons. The number of hydrogen-bond acceptors (Lipinski definition) is 5. The van der Waals surface area contributed by atoms with Gasteiger partial charge in [0.15, 0.2) is 11.6 Å². The predicted octanol–water partition coefficient (Wildman–Crippen LogP) is 5.57. The van der Waals surface area contributed by atoms with Crippen molar-refractivity contribution in [2.75, 3.05) is 4.72 Å². The minimum Gasteiger partial charge on any atom is -0.345 e. The molecule has 0 bridgehead atoms. The molecule has 0 radical (unpaired) electrons. The Bertz CT molecular complexity index is 2090. The van der Waals surface area contributed by atoms with Crippen molar-refractivity contribution in [2.24, 2.45) is 7.05 Å². The number of carbonyl (C=O) groups is 1. The maximum absolute atomic E-state index is 15.5. The molecule has 3 aromatic heterocycles. The molecule has 0 fully saturated rings. The topological polar surface area (TPSA) is 110 Å². The molecule has 0 unspecified atom stereocenters. The summed E-state index contributed by atoms with van der Waals surface area (Å²) in [5.41, 5.74) is 1.07. The number of nitrogens with one attached hydrogen (secondary N) is 2. The third-order valence-corrected chi connectivity index (χ3v) is 7.73. The highest BCUT2D eigenvalue weighted by atomic mass is 32.2. The SMILES string of the molecule is Cn1cc2ccc(-c3cnc4[nH]cc(C(=O)c5cc(F)cc(NS(=O)(=O)c6cccc(F)c6)c5F)c4c3)cc2n1. The van der Waals surface area contributed by atoms with E-state index in [1.807, 2.05) is 36.2 Å². The second-order valence-electron chi connectivity index (χ2n) is 9.11. The summed E-state index contributed by atoms with van der Waals surface area (Å²) in [4.78, 5) is 20.2. The number of H-pyrrole nitrogens is 1. The molecule has 0 amide bonds. The Morgan fingerprint density at radius 2 is 1.77 bits per heavy atom. The standard InChI is InChI=1S/C28H18F3N5O3S/c1-36-14-16-6-5-15(8-24(16)34-36)17-7-21-23(13-33-28(21)32-12-17)27(37)22-10-19(30)11-25(26(22)31)35-40(38,39)20-4-2-3-18(29)9-20/h2-14,35H,1H3,(H,32,33). The first kappa shape index (κ1) is 25.3. The van der Waals surface area contributed by atoms with Crippen LogP contribution in [0.5, 0.6) is 0 Å². The number of fused-ring (bicyclic) bond motifs is 2. The van der Waals surface area contributed by atoms with Crippen molar-refractivity contribution in [3.8, 4) is 11.1 Å². The van der Waals surface area contributed by atoms with E-state index in [2.05, 4.69) is 15.1 Å². The summed E-state index contributed by atoms with van der Waals surface area (Å²) >= 11 is 0. The number of anilines is 1. The van der Waals surface area contributed by atoms with E-state index in [0.29, 0.717) is 28.7 Å². The molecule has 0 aliphatic rings. The normalized spacial score (nSPS) is 11.8. The van der Waals surface area contributed by atoms with E-state index in [1.54, 1.807) is 16.9 Å². The minimum atomic E-state index is -4.49. The largest absolute Gasteiger partial charge is 0.345 e. The zero-order valence-corrected chi connectivity index (χ0v) is 21.4. The lowest BCUT2D eigenvalue weighted by atomic mass is 10.00. The fraction of sp³-hybridized carbons (Fsp3) is 0.0357. The van der Waals surface area contributed by atoms with Crippen LogP contribution in [0.25, 0.3) is 33.1 Å². The number of benzene rings is 3. The van der Waals surface area contributed by atoms with Crippen molar-refractivity contribution in [2.45, 2.75) is 4.90 Å². The van der Waals surface area contributed by atoms with Gasteiger partial charge in [-0.15, -0.1) is 0 Å². The molecule has 12 heteroatoms. The number of halogens is 3. The third kappa shape index (κ3) is 4.47. The predicted molar refractivity (Wildman–Crippen MR) is 143 cm³/mol. The van der Waals surface area contributed by atoms with Crippen LogP contribution in [-0.4, -0.2) is 33.9 Å². The van der Waals surface area contributed by atoms with Gasteiger partial charge in [0.1, 0.15) is 17.3 Å². The number of nitrogens with zero attached hydrogens (tertiary/aromatic N) is 3. The Morgan fingerprint density at radius 3 is 2.58 bits per heavy atom. The molecule has 3 heterocycles. The molecule has 0 spiro atoms. The molecule has 3 aromatic carbocycles. The van der Waals surface area contributed by atoms with Crippen LogP contribution in [0.3, 0.4) is 0 Å². The summed E-state index contributed by atoms with van der Waals surface area (Å²) in [6, 6.07) is 12.7. The van der Waals surface area contributed by atoms with Gasteiger partial charge in [-0.05, 0) is 42.0 Å². The van der Waals surface area contributed by atoms with Gasteiger partial charge < -0.3 is 4.98 Å². The summed E-state index contributed by atoms with van der Waals surface area (Å²) in [6.45, 7) is 0. The lowest BCUT2D eigenvalue weighted by molar-refractivity contribution is 0.103. The molecular formula is C28H18F3N5O3S. The lowest BCUT2D eigenvalue weighted by Gasteiger charge is -2.12. The molecular weight excluding hydrogens is 543 g/mol.